The number of para-hydroxylation sites is 1. The molecule has 0 radical (unpaired) electrons. The number of methoxy groups -OCH3 is 1. The second kappa shape index (κ2) is 5.20. The number of halogens is 1. The topological polar surface area (TPSA) is 48.3 Å². The quantitative estimate of drug-likeness (QED) is 0.711. The predicted octanol–water partition coefficient (Wildman–Crippen LogP) is 3.65. The highest BCUT2D eigenvalue weighted by molar-refractivity contribution is 9.10. The zero-order valence-corrected chi connectivity index (χ0v) is 13.6. The molecule has 21 heavy (non-hydrogen) atoms. The molecule has 1 aromatic heterocycles. The first-order valence-electron chi connectivity index (χ1n) is 6.20. The molecule has 6 heteroatoms. The van der Waals surface area contributed by atoms with E-state index < -0.39 is 10.0 Å². The minimum Gasteiger partial charge on any atom is -0.494 e. The molecule has 0 amide bonds. The van der Waals surface area contributed by atoms with Gasteiger partial charge in [0, 0.05) is 9.86 Å². The summed E-state index contributed by atoms with van der Waals surface area (Å²) in [6.07, 6.45) is 1.50. The van der Waals surface area contributed by atoms with Crippen molar-refractivity contribution < 1.29 is 13.2 Å². The Balaban J connectivity index is 2.32. The van der Waals surface area contributed by atoms with Crippen LogP contribution >= 0.6 is 15.9 Å². The second-order valence-corrected chi connectivity index (χ2v) is 7.08. The zero-order chi connectivity index (χ0) is 15.0. The molecular weight excluding hydrogens is 354 g/mol. The molecule has 1 heterocycles. The maximum atomic E-state index is 12.9. The van der Waals surface area contributed by atoms with Crippen LogP contribution in [0.15, 0.2) is 64.1 Å². The monoisotopic (exact) mass is 365 g/mol. The highest BCUT2D eigenvalue weighted by atomic mass is 79.9. The van der Waals surface area contributed by atoms with Gasteiger partial charge in [-0.3, -0.25) is 0 Å². The van der Waals surface area contributed by atoms with Gasteiger partial charge in [-0.1, -0.05) is 24.3 Å². The summed E-state index contributed by atoms with van der Waals surface area (Å²) < 4.78 is 32.8. The van der Waals surface area contributed by atoms with Crippen LogP contribution in [0, 0.1) is 0 Å². The first kappa shape index (κ1) is 14.2. The molecule has 0 saturated heterocycles. The summed E-state index contributed by atoms with van der Waals surface area (Å²) in [5, 5.41) is 0.760. The van der Waals surface area contributed by atoms with Crippen LogP contribution in [0.25, 0.3) is 10.9 Å². The fourth-order valence-electron chi connectivity index (χ4n) is 2.24. The van der Waals surface area contributed by atoms with Gasteiger partial charge in [0.25, 0.3) is 10.0 Å². The number of ether oxygens (including phenoxy) is 1. The summed E-state index contributed by atoms with van der Waals surface area (Å²) in [5.41, 5.74) is 0.588. The molecule has 0 fully saturated rings. The van der Waals surface area contributed by atoms with Gasteiger partial charge in [-0.2, -0.15) is 0 Å². The maximum absolute atomic E-state index is 12.9. The maximum Gasteiger partial charge on any atom is 0.269 e. The van der Waals surface area contributed by atoms with Gasteiger partial charge in [0.15, 0.2) is 0 Å². The highest BCUT2D eigenvalue weighted by Gasteiger charge is 2.23. The van der Waals surface area contributed by atoms with Gasteiger partial charge in [-0.25, -0.2) is 12.4 Å². The summed E-state index contributed by atoms with van der Waals surface area (Å²) in [6, 6.07) is 14.0. The second-order valence-electron chi connectivity index (χ2n) is 4.45. The Hall–Kier alpha value is -1.79. The number of aromatic nitrogens is 1. The van der Waals surface area contributed by atoms with Crippen molar-refractivity contribution >= 4 is 36.9 Å². The third-order valence-corrected chi connectivity index (χ3v) is 5.92. The number of fused-ring (bicyclic) bond motifs is 1. The summed E-state index contributed by atoms with van der Waals surface area (Å²) in [6.45, 7) is 0. The van der Waals surface area contributed by atoms with Crippen molar-refractivity contribution in [3.05, 3.63) is 59.2 Å². The molecule has 0 aliphatic heterocycles. The van der Waals surface area contributed by atoms with Crippen molar-refractivity contribution in [2.45, 2.75) is 4.90 Å². The van der Waals surface area contributed by atoms with Crippen LogP contribution in [-0.2, 0) is 10.0 Å². The van der Waals surface area contributed by atoms with Crippen molar-refractivity contribution in [2.75, 3.05) is 7.11 Å². The normalized spacial score (nSPS) is 11.7. The lowest BCUT2D eigenvalue weighted by Gasteiger charge is -2.08. The third kappa shape index (κ3) is 2.24. The van der Waals surface area contributed by atoms with Crippen molar-refractivity contribution in [3.8, 4) is 5.75 Å². The lowest BCUT2D eigenvalue weighted by Crippen LogP contribution is -2.12. The molecule has 0 aliphatic rings. The van der Waals surface area contributed by atoms with Crippen LogP contribution in [-0.4, -0.2) is 19.5 Å². The van der Waals surface area contributed by atoms with E-state index >= 15 is 0 Å². The van der Waals surface area contributed by atoms with E-state index in [1.165, 1.54) is 17.3 Å². The standard InChI is InChI=1S/C15H12BrNO3S/c1-20-14-10-17(13-8-4-2-6-11(13)14)21(18,19)15-9-5-3-7-12(15)16/h2-10H,1H3. The molecular formula is C15H12BrNO3S. The van der Waals surface area contributed by atoms with Crippen LogP contribution < -0.4 is 4.74 Å². The van der Waals surface area contributed by atoms with E-state index in [9.17, 15) is 8.42 Å². The van der Waals surface area contributed by atoms with Crippen molar-refractivity contribution in [2.24, 2.45) is 0 Å². The van der Waals surface area contributed by atoms with E-state index in [0.29, 0.717) is 15.7 Å². The average Bonchev–Trinajstić information content (AvgIpc) is 2.87. The van der Waals surface area contributed by atoms with Crippen LogP contribution in [0.3, 0.4) is 0 Å². The SMILES string of the molecule is COc1cn(S(=O)(=O)c2ccccc2Br)c2ccccc12. The molecule has 0 atom stereocenters. The largest absolute Gasteiger partial charge is 0.494 e. The minimum atomic E-state index is -3.70. The van der Waals surface area contributed by atoms with Crippen molar-refractivity contribution in [3.63, 3.8) is 0 Å². The lowest BCUT2D eigenvalue weighted by atomic mass is 10.2. The van der Waals surface area contributed by atoms with Crippen molar-refractivity contribution in [1.29, 1.82) is 0 Å². The molecule has 0 bridgehead atoms. The Kier molecular flexibility index (Phi) is 3.51. The van der Waals surface area contributed by atoms with Gasteiger partial charge in [-0.05, 0) is 40.2 Å². The smallest absolute Gasteiger partial charge is 0.269 e. The van der Waals surface area contributed by atoms with Gasteiger partial charge >= 0.3 is 0 Å². The fourth-order valence-corrected chi connectivity index (χ4v) is 4.57. The first-order valence-corrected chi connectivity index (χ1v) is 8.43. The van der Waals surface area contributed by atoms with E-state index in [-0.39, 0.29) is 4.90 Å². The Morgan fingerprint density at radius 1 is 1.05 bits per heavy atom. The van der Waals surface area contributed by atoms with Crippen LogP contribution in [0.2, 0.25) is 0 Å². The number of nitrogens with zero attached hydrogens (tertiary/aromatic N) is 1. The van der Waals surface area contributed by atoms with E-state index in [4.69, 9.17) is 4.74 Å². The number of hydrogen-bond acceptors (Lipinski definition) is 3. The highest BCUT2D eigenvalue weighted by Crippen LogP contribution is 2.32. The van der Waals surface area contributed by atoms with Gasteiger partial charge < -0.3 is 4.74 Å². The zero-order valence-electron chi connectivity index (χ0n) is 11.2. The fraction of sp³-hybridized carbons (Fsp3) is 0.0667. The molecule has 0 N–H and O–H groups in total. The average molecular weight is 366 g/mol. The Morgan fingerprint density at radius 3 is 2.43 bits per heavy atom. The Bertz CT molecular complexity index is 916. The third-order valence-electron chi connectivity index (χ3n) is 3.23. The lowest BCUT2D eigenvalue weighted by molar-refractivity contribution is 0.419. The van der Waals surface area contributed by atoms with Gasteiger partial charge in [0.05, 0.1) is 18.8 Å². The van der Waals surface area contributed by atoms with Crippen LogP contribution in [0.1, 0.15) is 0 Å². The van der Waals surface area contributed by atoms with Gasteiger partial charge in [0.1, 0.15) is 10.6 Å². The first-order chi connectivity index (χ1) is 10.1. The number of hydrogen-bond donors (Lipinski definition) is 0. The van der Waals surface area contributed by atoms with Crippen molar-refractivity contribution in [1.82, 2.24) is 3.97 Å². The molecule has 0 aliphatic carbocycles. The molecule has 0 spiro atoms. The van der Waals surface area contributed by atoms with E-state index in [1.54, 1.807) is 36.4 Å². The predicted molar refractivity (Wildman–Crippen MR) is 85.2 cm³/mol. The Morgan fingerprint density at radius 2 is 1.71 bits per heavy atom. The summed E-state index contributed by atoms with van der Waals surface area (Å²) in [5.74, 6) is 0.529. The molecule has 0 saturated carbocycles. The minimum absolute atomic E-state index is 0.216. The molecule has 3 rings (SSSR count). The molecule has 3 aromatic rings. The van der Waals surface area contributed by atoms with Crippen LogP contribution in [0.5, 0.6) is 5.75 Å². The molecule has 4 nitrogen and oxygen atoms in total. The summed E-state index contributed by atoms with van der Waals surface area (Å²) in [7, 11) is -2.17. The van der Waals surface area contributed by atoms with E-state index in [2.05, 4.69) is 15.9 Å². The van der Waals surface area contributed by atoms with Gasteiger partial charge in [0.2, 0.25) is 0 Å². The van der Waals surface area contributed by atoms with E-state index in [0.717, 1.165) is 5.39 Å². The Labute approximate surface area is 131 Å². The summed E-state index contributed by atoms with van der Waals surface area (Å²) >= 11 is 3.29. The number of benzene rings is 2. The molecule has 108 valence electrons. The number of rotatable bonds is 3. The summed E-state index contributed by atoms with van der Waals surface area (Å²) in [4.78, 5) is 0.216. The van der Waals surface area contributed by atoms with E-state index in [1.807, 2.05) is 12.1 Å². The molecule has 2 aromatic carbocycles. The van der Waals surface area contributed by atoms with Crippen LogP contribution in [0.4, 0.5) is 0 Å². The molecule has 0 unspecified atom stereocenters. The van der Waals surface area contributed by atoms with Gasteiger partial charge in [-0.15, -0.1) is 0 Å².